The summed E-state index contributed by atoms with van der Waals surface area (Å²) < 4.78 is 11.8. The van der Waals surface area contributed by atoms with Gasteiger partial charge in [0.2, 0.25) is 10.1 Å². The lowest BCUT2D eigenvalue weighted by Gasteiger charge is -2.07. The molecule has 35 heavy (non-hydrogen) atoms. The maximum atomic E-state index is 13.0. The number of para-hydroxylation sites is 2. The number of benzene rings is 3. The predicted molar refractivity (Wildman–Crippen MR) is 135 cm³/mol. The first kappa shape index (κ1) is 22.4. The molecule has 0 aliphatic carbocycles. The fourth-order valence-corrected chi connectivity index (χ4v) is 4.40. The van der Waals surface area contributed by atoms with Gasteiger partial charge in [-0.25, -0.2) is 4.98 Å². The second-order valence-electron chi connectivity index (χ2n) is 7.61. The van der Waals surface area contributed by atoms with Crippen LogP contribution in [0.3, 0.4) is 0 Å². The highest BCUT2D eigenvalue weighted by Crippen LogP contribution is 2.29. The molecule has 10 heteroatoms. The van der Waals surface area contributed by atoms with E-state index in [-0.39, 0.29) is 11.5 Å². The predicted octanol–water partition coefficient (Wildman–Crippen LogP) is 4.00. The van der Waals surface area contributed by atoms with Gasteiger partial charge >= 0.3 is 0 Å². The van der Waals surface area contributed by atoms with Crippen molar-refractivity contribution in [2.45, 2.75) is 6.54 Å². The molecule has 3 aromatic carbocycles. The van der Waals surface area contributed by atoms with Crippen LogP contribution in [0.1, 0.15) is 15.9 Å². The first-order valence-corrected chi connectivity index (χ1v) is 11.5. The summed E-state index contributed by atoms with van der Waals surface area (Å²) in [7, 11) is 3.19. The van der Waals surface area contributed by atoms with Crippen molar-refractivity contribution in [2.75, 3.05) is 19.5 Å². The first-order valence-electron chi connectivity index (χ1n) is 10.7. The van der Waals surface area contributed by atoms with Gasteiger partial charge in [-0.2, -0.15) is 4.52 Å². The molecule has 0 saturated carbocycles. The van der Waals surface area contributed by atoms with Gasteiger partial charge in [0.25, 0.3) is 11.5 Å². The molecule has 2 aromatic heterocycles. The smallest absolute Gasteiger partial charge is 0.283 e. The topological polar surface area (TPSA) is 107 Å². The van der Waals surface area contributed by atoms with Crippen LogP contribution < -0.4 is 25.7 Å². The summed E-state index contributed by atoms with van der Waals surface area (Å²) in [5.41, 5.74) is 2.21. The molecule has 0 fully saturated rings. The van der Waals surface area contributed by atoms with E-state index in [2.05, 4.69) is 20.7 Å². The number of carbonyl (C=O) groups is 1. The van der Waals surface area contributed by atoms with Crippen molar-refractivity contribution in [1.29, 1.82) is 0 Å². The average Bonchev–Trinajstić information content (AvgIpc) is 3.30. The molecular formula is C25H21N5O4S. The molecule has 5 rings (SSSR count). The summed E-state index contributed by atoms with van der Waals surface area (Å²) in [6.45, 7) is 0.364. The SMILES string of the molecule is COc1ccc(CNC(=O)c2ccc3c(=O)n4nc(Nc5ccccc5OC)sc4nc3c2)cc1. The van der Waals surface area contributed by atoms with E-state index in [4.69, 9.17) is 9.47 Å². The summed E-state index contributed by atoms with van der Waals surface area (Å²) in [4.78, 5) is 30.7. The largest absolute Gasteiger partial charge is 0.497 e. The molecule has 0 atom stereocenters. The number of carbonyl (C=O) groups excluding carboxylic acids is 1. The van der Waals surface area contributed by atoms with Crippen molar-refractivity contribution in [1.82, 2.24) is 19.9 Å². The average molecular weight is 488 g/mol. The number of hydrogen-bond acceptors (Lipinski definition) is 8. The van der Waals surface area contributed by atoms with Crippen LogP contribution in [0.2, 0.25) is 0 Å². The van der Waals surface area contributed by atoms with Crippen LogP contribution in [0.4, 0.5) is 10.8 Å². The summed E-state index contributed by atoms with van der Waals surface area (Å²) in [5.74, 6) is 1.15. The number of ether oxygens (including phenoxy) is 2. The van der Waals surface area contributed by atoms with Crippen molar-refractivity contribution in [3.63, 3.8) is 0 Å². The van der Waals surface area contributed by atoms with Gasteiger partial charge in [0, 0.05) is 12.1 Å². The maximum Gasteiger partial charge on any atom is 0.283 e. The Morgan fingerprint density at radius 3 is 2.60 bits per heavy atom. The van der Waals surface area contributed by atoms with Crippen LogP contribution in [0.25, 0.3) is 15.9 Å². The third-order valence-electron chi connectivity index (χ3n) is 5.42. The van der Waals surface area contributed by atoms with Crippen LogP contribution in [0.5, 0.6) is 11.5 Å². The zero-order valence-electron chi connectivity index (χ0n) is 18.9. The Bertz CT molecular complexity index is 1590. The Balaban J connectivity index is 1.40. The third-order valence-corrected chi connectivity index (χ3v) is 6.24. The molecule has 0 unspecified atom stereocenters. The number of anilines is 2. The van der Waals surface area contributed by atoms with Crippen molar-refractivity contribution < 1.29 is 14.3 Å². The summed E-state index contributed by atoms with van der Waals surface area (Å²) in [6.07, 6.45) is 0. The van der Waals surface area contributed by atoms with Crippen LogP contribution in [0, 0.1) is 0 Å². The Morgan fingerprint density at radius 1 is 1.03 bits per heavy atom. The minimum Gasteiger partial charge on any atom is -0.497 e. The van der Waals surface area contributed by atoms with Gasteiger partial charge in [0.05, 0.1) is 30.8 Å². The normalized spacial score (nSPS) is 10.9. The van der Waals surface area contributed by atoms with Gasteiger partial charge in [0.1, 0.15) is 11.5 Å². The zero-order valence-corrected chi connectivity index (χ0v) is 19.8. The van der Waals surface area contributed by atoms with Gasteiger partial charge in [-0.05, 0) is 48.0 Å². The van der Waals surface area contributed by atoms with Crippen molar-refractivity contribution >= 4 is 43.9 Å². The molecule has 176 valence electrons. The van der Waals surface area contributed by atoms with Gasteiger partial charge in [-0.15, -0.1) is 5.10 Å². The molecule has 0 spiro atoms. The molecule has 0 saturated heterocycles. The fourth-order valence-electron chi connectivity index (χ4n) is 3.59. The van der Waals surface area contributed by atoms with Gasteiger partial charge < -0.3 is 20.1 Å². The first-order chi connectivity index (χ1) is 17.1. The third kappa shape index (κ3) is 4.51. The molecule has 2 N–H and O–H groups in total. The second kappa shape index (κ2) is 9.43. The van der Waals surface area contributed by atoms with E-state index in [1.54, 1.807) is 32.4 Å². The standard InChI is InChI=1S/C25H21N5O4S/c1-33-17-10-7-15(8-11-17)14-26-22(31)16-9-12-18-20(13-16)28-25-30(23(18)32)29-24(35-25)27-19-5-3-4-6-21(19)34-2/h3-13H,14H2,1-2H3,(H,26,31)(H,27,29). The Morgan fingerprint density at radius 2 is 1.83 bits per heavy atom. The molecule has 0 radical (unpaired) electrons. The Kier molecular flexibility index (Phi) is 6.02. The van der Waals surface area contributed by atoms with Crippen LogP contribution in [-0.4, -0.2) is 34.7 Å². The number of amides is 1. The Labute approximate surface area is 204 Å². The van der Waals surface area contributed by atoms with Gasteiger partial charge in [-0.3, -0.25) is 9.59 Å². The molecule has 0 aliphatic heterocycles. The van der Waals surface area contributed by atoms with E-state index in [1.807, 2.05) is 48.5 Å². The van der Waals surface area contributed by atoms with Crippen molar-refractivity contribution in [2.24, 2.45) is 0 Å². The van der Waals surface area contributed by atoms with Crippen molar-refractivity contribution in [3.05, 3.63) is 88.2 Å². The minimum absolute atomic E-state index is 0.257. The van der Waals surface area contributed by atoms with E-state index >= 15 is 0 Å². The van der Waals surface area contributed by atoms with Crippen LogP contribution in [0.15, 0.2) is 71.5 Å². The van der Waals surface area contributed by atoms with E-state index in [1.165, 1.54) is 15.9 Å². The fraction of sp³-hybridized carbons (Fsp3) is 0.120. The summed E-state index contributed by atoms with van der Waals surface area (Å²) >= 11 is 1.23. The number of aromatic nitrogens is 3. The molecule has 5 aromatic rings. The van der Waals surface area contributed by atoms with Crippen LogP contribution in [-0.2, 0) is 6.54 Å². The molecule has 9 nitrogen and oxygen atoms in total. The molecule has 2 heterocycles. The van der Waals surface area contributed by atoms with Gasteiger partial charge in [0.15, 0.2) is 0 Å². The monoisotopic (exact) mass is 487 g/mol. The Hall–Kier alpha value is -4.44. The molecule has 0 aliphatic rings. The molecule has 1 amide bonds. The summed E-state index contributed by atoms with van der Waals surface area (Å²) in [6, 6.07) is 19.7. The highest BCUT2D eigenvalue weighted by Gasteiger charge is 2.14. The van der Waals surface area contributed by atoms with Gasteiger partial charge in [-0.1, -0.05) is 35.6 Å². The highest BCUT2D eigenvalue weighted by molar-refractivity contribution is 7.20. The second-order valence-corrected chi connectivity index (χ2v) is 8.56. The van der Waals surface area contributed by atoms with E-state index in [0.29, 0.717) is 38.9 Å². The quantitative estimate of drug-likeness (QED) is 0.357. The number of nitrogens with one attached hydrogen (secondary N) is 2. The van der Waals surface area contributed by atoms with E-state index in [0.717, 1.165) is 17.0 Å². The van der Waals surface area contributed by atoms with Crippen molar-refractivity contribution in [3.8, 4) is 11.5 Å². The number of hydrogen-bond donors (Lipinski definition) is 2. The number of nitrogens with zero attached hydrogens (tertiary/aromatic N) is 3. The van der Waals surface area contributed by atoms with Crippen LogP contribution >= 0.6 is 11.3 Å². The molecule has 0 bridgehead atoms. The van der Waals surface area contributed by atoms with E-state index in [9.17, 15) is 9.59 Å². The lowest BCUT2D eigenvalue weighted by molar-refractivity contribution is 0.0951. The lowest BCUT2D eigenvalue weighted by Crippen LogP contribution is -2.23. The number of fused-ring (bicyclic) bond motifs is 2. The zero-order chi connectivity index (χ0) is 24.4. The van der Waals surface area contributed by atoms with E-state index < -0.39 is 0 Å². The minimum atomic E-state index is -0.306. The number of methoxy groups -OCH3 is 2. The molecular weight excluding hydrogens is 466 g/mol. The summed E-state index contributed by atoms with van der Waals surface area (Å²) in [5, 5.41) is 11.3. The highest BCUT2D eigenvalue weighted by atomic mass is 32.1. The lowest BCUT2D eigenvalue weighted by atomic mass is 10.1. The maximum absolute atomic E-state index is 13.0. The number of rotatable bonds is 7.